The highest BCUT2D eigenvalue weighted by Crippen LogP contribution is 2.46. The molecule has 2 unspecified atom stereocenters. The van der Waals surface area contributed by atoms with E-state index in [2.05, 4.69) is 29.2 Å². The van der Waals surface area contributed by atoms with Crippen LogP contribution in [0.5, 0.6) is 5.75 Å². The first kappa shape index (κ1) is 21.7. The zero-order chi connectivity index (χ0) is 23.9. The number of hydrogen-bond donors (Lipinski definition) is 0. The fourth-order valence-corrected chi connectivity index (χ4v) is 5.92. The fraction of sp³-hybridized carbons (Fsp3) is 0.310. The van der Waals surface area contributed by atoms with Gasteiger partial charge in [-0.2, -0.15) is 0 Å². The van der Waals surface area contributed by atoms with E-state index in [1.807, 2.05) is 58.3 Å². The summed E-state index contributed by atoms with van der Waals surface area (Å²) in [5.41, 5.74) is 5.01. The largest absolute Gasteiger partial charge is 0.497 e. The first-order chi connectivity index (χ1) is 17.2. The average molecular weight is 468 g/mol. The quantitative estimate of drug-likeness (QED) is 0.587. The van der Waals surface area contributed by atoms with Crippen LogP contribution in [0.2, 0.25) is 0 Å². The first-order valence-corrected chi connectivity index (χ1v) is 12.3. The van der Waals surface area contributed by atoms with Crippen molar-refractivity contribution in [2.24, 2.45) is 0 Å². The topological polar surface area (TPSA) is 53.1 Å². The molecule has 6 nitrogen and oxygen atoms in total. The van der Waals surface area contributed by atoms with Gasteiger partial charge in [0.25, 0.3) is 5.91 Å². The van der Waals surface area contributed by atoms with Gasteiger partial charge in [-0.3, -0.25) is 9.59 Å². The Morgan fingerprint density at radius 1 is 0.829 bits per heavy atom. The standard InChI is InChI=1S/C29H29N3O3/c1-35-22-12-10-21(11-13-22)30-16-18-31(19-17-30)29(34)26-24-8-4-5-9-25(24)28(33)32-15-14-20-6-2-3-7-23(20)27(26)32/h2-13,26-27H,14-19H2,1H3. The van der Waals surface area contributed by atoms with Crippen molar-refractivity contribution in [1.29, 1.82) is 0 Å². The third-order valence-corrected chi connectivity index (χ3v) is 7.73. The molecule has 0 aliphatic carbocycles. The third kappa shape index (κ3) is 3.64. The number of anilines is 1. The highest BCUT2D eigenvalue weighted by atomic mass is 16.5. The normalized spacial score (nSPS) is 21.2. The average Bonchev–Trinajstić information content (AvgIpc) is 2.93. The second-order valence-electron chi connectivity index (χ2n) is 9.47. The summed E-state index contributed by atoms with van der Waals surface area (Å²) in [7, 11) is 1.67. The van der Waals surface area contributed by atoms with E-state index in [1.165, 1.54) is 5.56 Å². The summed E-state index contributed by atoms with van der Waals surface area (Å²) in [6.07, 6.45) is 0.821. The second kappa shape index (κ2) is 8.77. The minimum absolute atomic E-state index is 0.0356. The summed E-state index contributed by atoms with van der Waals surface area (Å²) in [4.78, 5) is 33.8. The molecule has 1 saturated heterocycles. The number of nitrogens with zero attached hydrogens (tertiary/aromatic N) is 3. The minimum atomic E-state index is -0.391. The Bertz CT molecular complexity index is 1260. The molecule has 0 bridgehead atoms. The number of amides is 2. The van der Waals surface area contributed by atoms with Crippen LogP contribution >= 0.6 is 0 Å². The molecule has 6 heteroatoms. The van der Waals surface area contributed by atoms with E-state index in [9.17, 15) is 9.59 Å². The monoisotopic (exact) mass is 467 g/mol. The molecule has 0 N–H and O–H groups in total. The van der Waals surface area contributed by atoms with Gasteiger partial charge in [-0.1, -0.05) is 42.5 Å². The zero-order valence-electron chi connectivity index (χ0n) is 19.9. The van der Waals surface area contributed by atoms with Gasteiger partial charge in [-0.15, -0.1) is 0 Å². The Labute approximate surface area is 205 Å². The number of carbonyl (C=O) groups is 2. The molecule has 0 spiro atoms. The van der Waals surface area contributed by atoms with E-state index in [1.54, 1.807) is 7.11 Å². The van der Waals surface area contributed by atoms with Crippen LogP contribution in [0.15, 0.2) is 72.8 Å². The van der Waals surface area contributed by atoms with Gasteiger partial charge in [-0.25, -0.2) is 0 Å². The molecule has 35 heavy (non-hydrogen) atoms. The molecule has 0 radical (unpaired) electrons. The summed E-state index contributed by atoms with van der Waals surface area (Å²) in [5.74, 6) is 0.600. The number of hydrogen-bond acceptors (Lipinski definition) is 4. The highest BCUT2D eigenvalue weighted by molar-refractivity contribution is 6.01. The predicted molar refractivity (Wildman–Crippen MR) is 135 cm³/mol. The molecule has 178 valence electrons. The van der Waals surface area contributed by atoms with Crippen molar-refractivity contribution in [2.45, 2.75) is 18.4 Å². The molecule has 3 aromatic carbocycles. The van der Waals surface area contributed by atoms with Gasteiger partial charge >= 0.3 is 0 Å². The number of methoxy groups -OCH3 is 1. The van der Waals surface area contributed by atoms with E-state index in [-0.39, 0.29) is 17.9 Å². The van der Waals surface area contributed by atoms with Crippen LogP contribution in [-0.2, 0) is 11.2 Å². The highest BCUT2D eigenvalue weighted by Gasteiger charge is 2.47. The lowest BCUT2D eigenvalue weighted by atomic mass is 9.75. The van der Waals surface area contributed by atoms with Crippen molar-refractivity contribution in [3.05, 3.63) is 95.1 Å². The number of fused-ring (bicyclic) bond motifs is 4. The van der Waals surface area contributed by atoms with Crippen molar-refractivity contribution >= 4 is 17.5 Å². The van der Waals surface area contributed by atoms with Gasteiger partial charge in [0.15, 0.2) is 0 Å². The van der Waals surface area contributed by atoms with Gasteiger partial charge < -0.3 is 19.4 Å². The Morgan fingerprint density at radius 2 is 1.51 bits per heavy atom. The number of piperazine rings is 1. The molecule has 3 aliphatic heterocycles. The van der Waals surface area contributed by atoms with Crippen molar-refractivity contribution in [3.63, 3.8) is 0 Å². The number of ether oxygens (including phenoxy) is 1. The van der Waals surface area contributed by atoms with Crippen LogP contribution in [0.3, 0.4) is 0 Å². The summed E-state index contributed by atoms with van der Waals surface area (Å²) >= 11 is 0. The molecular formula is C29H29N3O3. The number of rotatable bonds is 3. The molecule has 3 aliphatic rings. The van der Waals surface area contributed by atoms with Gasteiger partial charge in [-0.05, 0) is 53.4 Å². The van der Waals surface area contributed by atoms with Crippen molar-refractivity contribution in [2.75, 3.05) is 44.7 Å². The third-order valence-electron chi connectivity index (χ3n) is 7.73. The molecule has 1 fully saturated rings. The Balaban J connectivity index is 1.30. The van der Waals surface area contributed by atoms with E-state index in [0.717, 1.165) is 42.1 Å². The van der Waals surface area contributed by atoms with Crippen molar-refractivity contribution < 1.29 is 14.3 Å². The molecule has 3 heterocycles. The predicted octanol–water partition coefficient (Wildman–Crippen LogP) is 3.88. The van der Waals surface area contributed by atoms with E-state index >= 15 is 0 Å². The summed E-state index contributed by atoms with van der Waals surface area (Å²) in [6, 6.07) is 23.8. The summed E-state index contributed by atoms with van der Waals surface area (Å²) in [6.45, 7) is 3.51. The molecule has 0 saturated carbocycles. The maximum absolute atomic E-state index is 14.2. The zero-order valence-corrected chi connectivity index (χ0v) is 19.9. The van der Waals surface area contributed by atoms with Gasteiger partial charge in [0.1, 0.15) is 5.75 Å². The molecular weight excluding hydrogens is 438 g/mol. The van der Waals surface area contributed by atoms with Crippen LogP contribution in [0, 0.1) is 0 Å². The lowest BCUT2D eigenvalue weighted by Gasteiger charge is -2.47. The maximum Gasteiger partial charge on any atom is 0.254 e. The van der Waals surface area contributed by atoms with Gasteiger partial charge in [0.05, 0.1) is 19.1 Å². The molecule has 3 aromatic rings. The van der Waals surface area contributed by atoms with Crippen molar-refractivity contribution in [1.82, 2.24) is 9.80 Å². The molecule has 2 amide bonds. The number of benzene rings is 3. The van der Waals surface area contributed by atoms with E-state index < -0.39 is 5.92 Å². The minimum Gasteiger partial charge on any atom is -0.497 e. The van der Waals surface area contributed by atoms with Gasteiger partial charge in [0, 0.05) is 44.0 Å². The van der Waals surface area contributed by atoms with Crippen LogP contribution in [0.1, 0.15) is 39.0 Å². The number of carbonyl (C=O) groups excluding carboxylic acids is 2. The van der Waals surface area contributed by atoms with E-state index in [4.69, 9.17) is 4.74 Å². The fourth-order valence-electron chi connectivity index (χ4n) is 5.92. The smallest absolute Gasteiger partial charge is 0.254 e. The van der Waals surface area contributed by atoms with Crippen LogP contribution in [0.4, 0.5) is 5.69 Å². The Morgan fingerprint density at radius 3 is 2.26 bits per heavy atom. The Kier molecular flexibility index (Phi) is 5.44. The SMILES string of the molecule is COc1ccc(N2CCN(C(=O)C3c4ccccc4C(=O)N4CCc5ccccc5C34)CC2)cc1. The van der Waals surface area contributed by atoms with Crippen LogP contribution in [0.25, 0.3) is 0 Å². The molecule has 6 rings (SSSR count). The van der Waals surface area contributed by atoms with Crippen LogP contribution in [-0.4, -0.2) is 61.4 Å². The lowest BCUT2D eigenvalue weighted by Crippen LogP contribution is -2.54. The molecule has 2 atom stereocenters. The second-order valence-corrected chi connectivity index (χ2v) is 9.47. The van der Waals surface area contributed by atoms with Crippen molar-refractivity contribution in [3.8, 4) is 5.75 Å². The van der Waals surface area contributed by atoms with E-state index in [0.29, 0.717) is 25.2 Å². The Hall–Kier alpha value is -3.80. The maximum atomic E-state index is 14.2. The lowest BCUT2D eigenvalue weighted by molar-refractivity contribution is -0.135. The summed E-state index contributed by atoms with van der Waals surface area (Å²) < 4.78 is 5.28. The molecule has 0 aromatic heterocycles. The van der Waals surface area contributed by atoms with Crippen LogP contribution < -0.4 is 9.64 Å². The van der Waals surface area contributed by atoms with Gasteiger partial charge in [0.2, 0.25) is 5.91 Å². The first-order valence-electron chi connectivity index (χ1n) is 12.3. The summed E-state index contributed by atoms with van der Waals surface area (Å²) in [5, 5.41) is 0.